The first kappa shape index (κ1) is 49.3. The van der Waals surface area contributed by atoms with E-state index in [-0.39, 0.29) is 48.0 Å². The Morgan fingerprint density at radius 2 is 1.56 bits per heavy atom. The predicted octanol–water partition coefficient (Wildman–Crippen LogP) is 8.05. The number of nitrogens with zero attached hydrogens (tertiary/aromatic N) is 9. The third-order valence-corrected chi connectivity index (χ3v) is 16.8. The molecule has 0 spiro atoms. The van der Waals surface area contributed by atoms with E-state index in [4.69, 9.17) is 26.1 Å². The fourth-order valence-electron chi connectivity index (χ4n) is 12.8. The summed E-state index contributed by atoms with van der Waals surface area (Å²) in [5, 5.41) is 19.5. The first-order chi connectivity index (χ1) is 34.6. The van der Waals surface area contributed by atoms with Crippen LogP contribution in [0.1, 0.15) is 132 Å². The molecule has 0 unspecified atom stereocenters. The number of aromatic nitrogens is 4. The van der Waals surface area contributed by atoms with E-state index in [1.807, 2.05) is 6.07 Å². The van der Waals surface area contributed by atoms with Crippen molar-refractivity contribution in [2.45, 2.75) is 154 Å². The lowest BCUT2D eigenvalue weighted by atomic mass is 9.49. The number of nitriles is 1. The van der Waals surface area contributed by atoms with Gasteiger partial charge < -0.3 is 40.1 Å². The third-order valence-electron chi connectivity index (χ3n) is 16.5. The number of hydrogen-bond acceptors (Lipinski definition) is 14. The number of fused-ring (bicyclic) bond motifs is 1. The van der Waals surface area contributed by atoms with Gasteiger partial charge in [-0.25, -0.2) is 15.0 Å². The van der Waals surface area contributed by atoms with Crippen LogP contribution in [0.4, 0.5) is 29.1 Å². The second-order valence-electron chi connectivity index (χ2n) is 21.9. The fraction of sp³-hybridized carbons (Fsp3) is 0.556. The summed E-state index contributed by atoms with van der Waals surface area (Å²) in [7, 11) is 3.38. The molecule has 18 heteroatoms. The van der Waals surface area contributed by atoms with Crippen molar-refractivity contribution in [1.29, 1.82) is 5.26 Å². The smallest absolute Gasteiger partial charge is 0.254 e. The maximum atomic E-state index is 13.7. The Bertz CT molecular complexity index is 2730. The number of rotatable bonds is 15. The number of halogens is 1. The molecule has 2 aromatic heterocycles. The van der Waals surface area contributed by atoms with Crippen LogP contribution in [0, 0.1) is 22.2 Å². The monoisotopic (exact) mass is 999 g/mol. The van der Waals surface area contributed by atoms with Crippen LogP contribution in [0.3, 0.4) is 0 Å². The number of nitrogens with one attached hydrogen (secondary N) is 3. The Balaban J connectivity index is 0.704. The molecular formula is C54H67ClN12O5. The van der Waals surface area contributed by atoms with E-state index in [0.717, 1.165) is 70.3 Å². The number of amides is 3. The molecule has 1 saturated heterocycles. The number of likely N-dealkylation sites (N-methyl/N-ethyl adjacent to an activating group) is 1. The summed E-state index contributed by atoms with van der Waals surface area (Å²) >= 11 is 6.28. The van der Waals surface area contributed by atoms with Crippen LogP contribution in [0.15, 0.2) is 55.0 Å². The van der Waals surface area contributed by atoms with Crippen molar-refractivity contribution in [2.75, 3.05) is 47.3 Å². The third kappa shape index (κ3) is 9.25. The maximum absolute atomic E-state index is 13.7. The largest absolute Gasteiger partial charge is 0.495 e. The number of methoxy groups -OCH3 is 1. The van der Waals surface area contributed by atoms with Gasteiger partial charge in [-0.15, -0.1) is 0 Å². The first-order valence-corrected chi connectivity index (χ1v) is 26.2. The highest BCUT2D eigenvalue weighted by molar-refractivity contribution is 6.31. The highest BCUT2D eigenvalue weighted by Gasteiger charge is 2.64. The van der Waals surface area contributed by atoms with Crippen LogP contribution < -0.4 is 40.1 Å². The topological polar surface area (TPSA) is 194 Å². The van der Waals surface area contributed by atoms with Crippen molar-refractivity contribution >= 4 is 58.4 Å². The van der Waals surface area contributed by atoms with Crippen molar-refractivity contribution < 1.29 is 23.9 Å². The zero-order valence-corrected chi connectivity index (χ0v) is 43.2. The van der Waals surface area contributed by atoms with E-state index in [2.05, 4.69) is 86.3 Å². The summed E-state index contributed by atoms with van der Waals surface area (Å²) in [5.74, 6) is 2.60. The molecule has 4 aliphatic carbocycles. The van der Waals surface area contributed by atoms with Crippen LogP contribution in [0.25, 0.3) is 0 Å². The number of piperidine rings is 1. The molecule has 0 radical (unpaired) electrons. The molecule has 6 aliphatic rings. The lowest BCUT2D eigenvalue weighted by molar-refractivity contribution is -0.164. The summed E-state index contributed by atoms with van der Waals surface area (Å²) in [6.07, 6.45) is 16.0. The van der Waals surface area contributed by atoms with E-state index >= 15 is 0 Å². The van der Waals surface area contributed by atoms with Gasteiger partial charge in [-0.05, 0) is 88.1 Å². The van der Waals surface area contributed by atoms with Crippen LogP contribution >= 0.6 is 11.6 Å². The second-order valence-corrected chi connectivity index (χ2v) is 22.3. The van der Waals surface area contributed by atoms with E-state index in [0.29, 0.717) is 81.0 Å². The van der Waals surface area contributed by atoms with Crippen molar-refractivity contribution in [1.82, 2.24) is 35.5 Å². The summed E-state index contributed by atoms with van der Waals surface area (Å²) in [4.78, 5) is 68.4. The quantitative estimate of drug-likeness (QED) is 0.104. The average molecular weight is 1000 g/mol. The number of ether oxygens (including phenoxy) is 2. The molecule has 2 aromatic carbocycles. The standard InChI is InChI=1S/C54H67ClN12O5/c1-8-42-48(70)64(6)43-30-57-51(62-45(43)67(42)35-11-9-10-12-35)61-41-18-14-31(23-44(41)71-7)46(68)60-34-24-38(25-34)66(36-15-16-36)37-19-21-65(22-20-37)52-58-28-33(29-59-52)47(69)63-49-53(2,3)50(54(49,4)5)72-39-17-13-32(27-56)40(55)26-39/h13-14,17-18,23,26,28-30,34-38,42,49-50H,8-12,15-16,19-22,24-25H2,1-7H3,(H,60,68)(H,63,69)(H,57,61,62)/t34?,38?,42-,49?,50?/m1/s1. The molecule has 4 aromatic rings. The Labute approximate surface area is 427 Å². The summed E-state index contributed by atoms with van der Waals surface area (Å²) in [6, 6.07) is 13.9. The lowest BCUT2D eigenvalue weighted by Crippen LogP contribution is -2.74. The van der Waals surface area contributed by atoms with Gasteiger partial charge in [0.25, 0.3) is 11.8 Å². The molecule has 0 bridgehead atoms. The molecule has 5 fully saturated rings. The number of hydrogen-bond donors (Lipinski definition) is 3. The first-order valence-electron chi connectivity index (χ1n) is 25.8. The molecule has 4 heterocycles. The van der Waals surface area contributed by atoms with Gasteiger partial charge in [0.1, 0.15) is 35.4 Å². The van der Waals surface area contributed by atoms with Crippen LogP contribution in [0.5, 0.6) is 11.5 Å². The molecule has 380 valence electrons. The van der Waals surface area contributed by atoms with Gasteiger partial charge in [0.05, 0.1) is 35.1 Å². The zero-order chi connectivity index (χ0) is 50.6. The van der Waals surface area contributed by atoms with Crippen molar-refractivity contribution in [2.24, 2.45) is 10.8 Å². The second kappa shape index (κ2) is 19.6. The van der Waals surface area contributed by atoms with Crippen molar-refractivity contribution in [3.8, 4) is 17.6 Å². The van der Waals surface area contributed by atoms with Gasteiger partial charge in [0.15, 0.2) is 5.82 Å². The molecule has 10 rings (SSSR count). The molecule has 4 saturated carbocycles. The fourth-order valence-corrected chi connectivity index (χ4v) is 13.0. The molecule has 3 N–H and O–H groups in total. The SMILES string of the molecule is CC[C@@H]1C(=O)N(C)c2cnc(Nc3ccc(C(=O)NC4CC(N(C5CC5)C5CCN(c6ncc(C(=O)NC7C(C)(C)C(Oc8ccc(C#N)c(Cl)c8)C7(C)C)cn6)CC5)C4)cc3OC)nc2N1C1CCCC1. The molecule has 1 atom stereocenters. The van der Waals surface area contributed by atoms with Crippen molar-refractivity contribution in [3.63, 3.8) is 0 Å². The Morgan fingerprint density at radius 3 is 2.19 bits per heavy atom. The van der Waals surface area contributed by atoms with Crippen LogP contribution in [-0.4, -0.2) is 118 Å². The van der Waals surface area contributed by atoms with Gasteiger partial charge in [0.2, 0.25) is 17.8 Å². The average Bonchev–Trinajstić information content (AvgIpc) is 4.06. The van der Waals surface area contributed by atoms with E-state index < -0.39 is 10.8 Å². The normalized spacial score (nSPS) is 24.7. The molecule has 3 amide bonds. The zero-order valence-electron chi connectivity index (χ0n) is 42.5. The number of benzene rings is 2. The van der Waals surface area contributed by atoms with Gasteiger partial charge in [0, 0.05) is 91.2 Å². The molecule has 72 heavy (non-hydrogen) atoms. The predicted molar refractivity (Wildman–Crippen MR) is 276 cm³/mol. The highest BCUT2D eigenvalue weighted by Crippen LogP contribution is 2.56. The Morgan fingerprint density at radius 1 is 0.875 bits per heavy atom. The summed E-state index contributed by atoms with van der Waals surface area (Å²) < 4.78 is 12.2. The minimum atomic E-state index is -0.393. The molecular weight excluding hydrogens is 932 g/mol. The lowest BCUT2D eigenvalue weighted by Gasteiger charge is -2.63. The molecule has 2 aliphatic heterocycles. The Kier molecular flexibility index (Phi) is 13.5. The van der Waals surface area contributed by atoms with Crippen molar-refractivity contribution in [3.05, 3.63) is 76.7 Å². The van der Waals surface area contributed by atoms with Gasteiger partial charge >= 0.3 is 0 Å². The maximum Gasteiger partial charge on any atom is 0.254 e. The van der Waals surface area contributed by atoms with Crippen LogP contribution in [0.2, 0.25) is 5.02 Å². The number of carbonyl (C=O) groups excluding carboxylic acids is 3. The van der Waals surface area contributed by atoms with E-state index in [1.165, 1.54) is 12.8 Å². The van der Waals surface area contributed by atoms with E-state index in [1.54, 1.807) is 68.0 Å². The van der Waals surface area contributed by atoms with Gasteiger partial charge in [-0.3, -0.25) is 19.3 Å². The number of anilines is 5. The van der Waals surface area contributed by atoms with Gasteiger partial charge in [-0.2, -0.15) is 10.2 Å². The Hall–Kier alpha value is -6.25. The number of carbonyl (C=O) groups is 3. The van der Waals surface area contributed by atoms with E-state index in [9.17, 15) is 19.6 Å². The minimum Gasteiger partial charge on any atom is -0.495 e. The highest BCUT2D eigenvalue weighted by atomic mass is 35.5. The summed E-state index contributed by atoms with van der Waals surface area (Å²) in [6.45, 7) is 12.0. The molecule has 17 nitrogen and oxygen atoms in total. The van der Waals surface area contributed by atoms with Gasteiger partial charge in [-0.1, -0.05) is 59.1 Å². The minimum absolute atomic E-state index is 0.0719. The van der Waals surface area contributed by atoms with Crippen LogP contribution in [-0.2, 0) is 4.79 Å². The summed E-state index contributed by atoms with van der Waals surface area (Å²) in [5.41, 5.74) is 1.88.